The lowest BCUT2D eigenvalue weighted by molar-refractivity contribution is 0.168. The highest BCUT2D eigenvalue weighted by molar-refractivity contribution is 9.10. The molecule has 0 aliphatic rings. The van der Waals surface area contributed by atoms with Gasteiger partial charge in [0, 0.05) is 27.5 Å². The zero-order valence-corrected chi connectivity index (χ0v) is 14.5. The Bertz CT molecular complexity index is 522. The topological polar surface area (TPSA) is 29.3 Å². The van der Waals surface area contributed by atoms with Crippen molar-refractivity contribution in [3.63, 3.8) is 0 Å². The molecule has 1 heterocycles. The maximum absolute atomic E-state index is 6.25. The molecule has 3 atom stereocenters. The van der Waals surface area contributed by atoms with E-state index in [1.807, 2.05) is 0 Å². The zero-order valence-electron chi connectivity index (χ0n) is 12.1. The minimum atomic E-state index is 0.0728. The molecule has 2 nitrogen and oxygen atoms in total. The van der Waals surface area contributed by atoms with E-state index in [-0.39, 0.29) is 12.1 Å². The van der Waals surface area contributed by atoms with Crippen molar-refractivity contribution < 1.29 is 0 Å². The first kappa shape index (κ1) is 15.7. The molecule has 1 aromatic heterocycles. The first-order valence-electron chi connectivity index (χ1n) is 6.77. The molecule has 0 radical (unpaired) electrons. The number of halogens is 1. The summed E-state index contributed by atoms with van der Waals surface area (Å²) in [4.78, 5) is 3.73. The van der Waals surface area contributed by atoms with Crippen LogP contribution in [0.15, 0.2) is 46.3 Å². The smallest absolute Gasteiger partial charge is 0.0499 e. The van der Waals surface area contributed by atoms with Gasteiger partial charge in [0.2, 0.25) is 0 Å². The van der Waals surface area contributed by atoms with Crippen molar-refractivity contribution in [1.82, 2.24) is 4.90 Å². The van der Waals surface area contributed by atoms with Crippen molar-refractivity contribution in [2.75, 3.05) is 7.05 Å². The van der Waals surface area contributed by atoms with Crippen molar-refractivity contribution in [1.29, 1.82) is 0 Å². The summed E-state index contributed by atoms with van der Waals surface area (Å²) >= 11 is 5.28. The molecule has 0 aliphatic carbocycles. The van der Waals surface area contributed by atoms with Crippen molar-refractivity contribution in [3.05, 3.63) is 56.7 Å². The summed E-state index contributed by atoms with van der Waals surface area (Å²) in [6.07, 6.45) is 0. The zero-order chi connectivity index (χ0) is 14.7. The molecule has 2 N–H and O–H groups in total. The SMILES string of the molecule is CC(N)C(c1ccc(Br)cc1)N(C)C(C)c1cccs1. The Kier molecular flexibility index (Phi) is 5.38. The summed E-state index contributed by atoms with van der Waals surface area (Å²) in [5.74, 6) is 0. The van der Waals surface area contributed by atoms with Gasteiger partial charge in [0.25, 0.3) is 0 Å². The van der Waals surface area contributed by atoms with Crippen LogP contribution in [0.2, 0.25) is 0 Å². The second-order valence-corrected chi connectivity index (χ2v) is 7.11. The largest absolute Gasteiger partial charge is 0.326 e. The molecule has 108 valence electrons. The van der Waals surface area contributed by atoms with E-state index < -0.39 is 0 Å². The number of benzene rings is 1. The quantitative estimate of drug-likeness (QED) is 0.852. The Morgan fingerprint density at radius 2 is 1.80 bits per heavy atom. The Balaban J connectivity index is 2.26. The van der Waals surface area contributed by atoms with Crippen LogP contribution < -0.4 is 5.73 Å². The molecule has 2 rings (SSSR count). The van der Waals surface area contributed by atoms with Crippen LogP contribution in [0.4, 0.5) is 0 Å². The van der Waals surface area contributed by atoms with Crippen molar-refractivity contribution in [3.8, 4) is 0 Å². The average molecular weight is 353 g/mol. The van der Waals surface area contributed by atoms with Crippen LogP contribution >= 0.6 is 27.3 Å². The van der Waals surface area contributed by atoms with Crippen LogP contribution in [0.5, 0.6) is 0 Å². The lowest BCUT2D eigenvalue weighted by atomic mass is 9.98. The standard InChI is InChI=1S/C16H21BrN2S/c1-11(18)16(13-6-8-14(17)9-7-13)19(3)12(2)15-5-4-10-20-15/h4-12,16H,18H2,1-3H3. The van der Waals surface area contributed by atoms with Gasteiger partial charge in [-0.15, -0.1) is 11.3 Å². The van der Waals surface area contributed by atoms with E-state index in [0.29, 0.717) is 6.04 Å². The average Bonchev–Trinajstić information content (AvgIpc) is 2.94. The van der Waals surface area contributed by atoms with E-state index in [4.69, 9.17) is 5.73 Å². The third-order valence-corrected chi connectivity index (χ3v) is 5.29. The molecule has 0 aliphatic heterocycles. The Morgan fingerprint density at radius 3 is 2.30 bits per heavy atom. The van der Waals surface area contributed by atoms with Gasteiger partial charge < -0.3 is 5.73 Å². The van der Waals surface area contributed by atoms with Crippen molar-refractivity contribution in [2.45, 2.75) is 32.0 Å². The van der Waals surface area contributed by atoms with Gasteiger partial charge in [-0.2, -0.15) is 0 Å². The van der Waals surface area contributed by atoms with Gasteiger partial charge in [-0.25, -0.2) is 0 Å². The molecule has 2 aromatic rings. The number of hydrogen-bond donors (Lipinski definition) is 1. The summed E-state index contributed by atoms with van der Waals surface area (Å²) < 4.78 is 1.10. The van der Waals surface area contributed by atoms with Gasteiger partial charge in [0.05, 0.1) is 0 Å². The molecule has 3 unspecified atom stereocenters. The fourth-order valence-electron chi connectivity index (χ4n) is 2.54. The molecule has 0 bridgehead atoms. The first-order valence-corrected chi connectivity index (χ1v) is 8.44. The number of thiophene rings is 1. The molecule has 0 saturated carbocycles. The normalized spacial score (nSPS) is 16.1. The van der Waals surface area contributed by atoms with Gasteiger partial charge in [0.15, 0.2) is 0 Å². The Hall–Kier alpha value is -0.680. The van der Waals surface area contributed by atoms with Gasteiger partial charge in [-0.3, -0.25) is 4.90 Å². The van der Waals surface area contributed by atoms with Crippen LogP contribution in [0.3, 0.4) is 0 Å². The van der Waals surface area contributed by atoms with Crippen LogP contribution in [0.25, 0.3) is 0 Å². The summed E-state index contributed by atoms with van der Waals surface area (Å²) in [5, 5.41) is 2.13. The predicted molar refractivity (Wildman–Crippen MR) is 91.0 cm³/mol. The van der Waals surface area contributed by atoms with Crippen LogP contribution in [0.1, 0.15) is 36.4 Å². The molecular formula is C16H21BrN2S. The van der Waals surface area contributed by atoms with E-state index in [1.54, 1.807) is 11.3 Å². The third-order valence-electron chi connectivity index (χ3n) is 3.71. The number of rotatable bonds is 5. The number of nitrogens with two attached hydrogens (primary N) is 1. The minimum Gasteiger partial charge on any atom is -0.326 e. The lowest BCUT2D eigenvalue weighted by Gasteiger charge is -2.35. The van der Waals surface area contributed by atoms with Crippen LogP contribution in [-0.4, -0.2) is 18.0 Å². The summed E-state index contributed by atoms with van der Waals surface area (Å²) in [7, 11) is 2.15. The molecule has 20 heavy (non-hydrogen) atoms. The fourth-order valence-corrected chi connectivity index (χ4v) is 3.64. The highest BCUT2D eigenvalue weighted by Gasteiger charge is 2.26. The molecule has 0 spiro atoms. The highest BCUT2D eigenvalue weighted by atomic mass is 79.9. The fraction of sp³-hybridized carbons (Fsp3) is 0.375. The maximum Gasteiger partial charge on any atom is 0.0499 e. The predicted octanol–water partition coefficient (Wildman–Crippen LogP) is 4.59. The van der Waals surface area contributed by atoms with E-state index in [9.17, 15) is 0 Å². The van der Waals surface area contributed by atoms with Crippen LogP contribution in [-0.2, 0) is 0 Å². The molecule has 1 aromatic carbocycles. The molecule has 4 heteroatoms. The Labute approximate surface area is 133 Å². The first-order chi connectivity index (χ1) is 9.50. The summed E-state index contributed by atoms with van der Waals surface area (Å²) in [5.41, 5.74) is 7.51. The summed E-state index contributed by atoms with van der Waals surface area (Å²) in [6, 6.07) is 13.4. The third kappa shape index (κ3) is 3.50. The monoisotopic (exact) mass is 352 g/mol. The van der Waals surface area contributed by atoms with E-state index in [0.717, 1.165) is 4.47 Å². The maximum atomic E-state index is 6.25. The second kappa shape index (κ2) is 6.85. The molecule has 0 fully saturated rings. The van der Waals surface area contributed by atoms with Gasteiger partial charge >= 0.3 is 0 Å². The highest BCUT2D eigenvalue weighted by Crippen LogP contribution is 2.32. The van der Waals surface area contributed by atoms with Gasteiger partial charge in [0.1, 0.15) is 0 Å². The number of hydrogen-bond acceptors (Lipinski definition) is 3. The van der Waals surface area contributed by atoms with Crippen molar-refractivity contribution >= 4 is 27.3 Å². The molecule has 0 saturated heterocycles. The minimum absolute atomic E-state index is 0.0728. The molecule has 0 amide bonds. The van der Waals surface area contributed by atoms with E-state index in [1.165, 1.54) is 10.4 Å². The van der Waals surface area contributed by atoms with Gasteiger partial charge in [-0.05, 0) is 50.0 Å². The van der Waals surface area contributed by atoms with E-state index in [2.05, 4.69) is 83.5 Å². The van der Waals surface area contributed by atoms with Gasteiger partial charge in [-0.1, -0.05) is 34.1 Å². The number of likely N-dealkylation sites (N-methyl/N-ethyl adjacent to an activating group) is 1. The summed E-state index contributed by atoms with van der Waals surface area (Å²) in [6.45, 7) is 4.31. The number of nitrogens with zero attached hydrogens (tertiary/aromatic N) is 1. The Morgan fingerprint density at radius 1 is 1.15 bits per heavy atom. The second-order valence-electron chi connectivity index (χ2n) is 5.21. The van der Waals surface area contributed by atoms with Crippen molar-refractivity contribution in [2.24, 2.45) is 5.73 Å². The van der Waals surface area contributed by atoms with E-state index >= 15 is 0 Å². The lowest BCUT2D eigenvalue weighted by Crippen LogP contribution is -2.38. The van der Waals surface area contributed by atoms with Crippen LogP contribution in [0, 0.1) is 0 Å². The molecular weight excluding hydrogens is 332 g/mol.